The number of carbonyl (C=O) groups excluding carboxylic acids is 1. The second-order valence-electron chi connectivity index (χ2n) is 5.42. The quantitative estimate of drug-likeness (QED) is 0.603. The zero-order chi connectivity index (χ0) is 18.1. The molecular weight excluding hydrogens is 360 g/mol. The molecule has 3 N–H and O–H groups in total. The SMILES string of the molecule is COc1ccc(NC(C)=O)cc1S(=O)(=O)N[C@H]1CS(=O)(=O)C[C@@H]1O. The van der Waals surface area contributed by atoms with Crippen LogP contribution in [0, 0.1) is 0 Å². The van der Waals surface area contributed by atoms with Gasteiger partial charge in [0.25, 0.3) is 0 Å². The summed E-state index contributed by atoms with van der Waals surface area (Å²) in [6.07, 6.45) is -1.32. The van der Waals surface area contributed by atoms with Gasteiger partial charge < -0.3 is 15.2 Å². The molecule has 1 aromatic rings. The Morgan fingerprint density at radius 1 is 1.33 bits per heavy atom. The summed E-state index contributed by atoms with van der Waals surface area (Å²) in [4.78, 5) is 10.8. The number of rotatable bonds is 5. The minimum absolute atomic E-state index is 0.0203. The zero-order valence-electron chi connectivity index (χ0n) is 13.0. The summed E-state index contributed by atoms with van der Waals surface area (Å²) < 4.78 is 55.3. The summed E-state index contributed by atoms with van der Waals surface area (Å²) in [6.45, 7) is 1.27. The van der Waals surface area contributed by atoms with Gasteiger partial charge in [0.15, 0.2) is 9.84 Å². The van der Waals surface area contributed by atoms with Gasteiger partial charge in [-0.05, 0) is 18.2 Å². The number of nitrogens with one attached hydrogen (secondary N) is 2. The highest BCUT2D eigenvalue weighted by atomic mass is 32.2. The Morgan fingerprint density at radius 3 is 2.50 bits per heavy atom. The number of anilines is 1. The van der Waals surface area contributed by atoms with Crippen molar-refractivity contribution in [2.75, 3.05) is 23.9 Å². The summed E-state index contributed by atoms with van der Waals surface area (Å²) in [5.74, 6) is -1.34. The van der Waals surface area contributed by atoms with Crippen molar-refractivity contribution >= 4 is 31.5 Å². The number of sulfonamides is 1. The lowest BCUT2D eigenvalue weighted by Crippen LogP contribution is -2.42. The molecule has 0 aromatic heterocycles. The van der Waals surface area contributed by atoms with Gasteiger partial charge in [-0.15, -0.1) is 0 Å². The van der Waals surface area contributed by atoms with E-state index in [9.17, 15) is 26.7 Å². The minimum Gasteiger partial charge on any atom is -0.495 e. The summed E-state index contributed by atoms with van der Waals surface area (Å²) in [5, 5.41) is 12.2. The highest BCUT2D eigenvalue weighted by molar-refractivity contribution is 7.92. The molecule has 1 aromatic carbocycles. The molecule has 0 saturated carbocycles. The van der Waals surface area contributed by atoms with Crippen LogP contribution in [-0.2, 0) is 24.7 Å². The molecule has 1 fully saturated rings. The third-order valence-electron chi connectivity index (χ3n) is 3.40. The second kappa shape index (κ2) is 6.67. The number of sulfone groups is 1. The molecule has 0 aliphatic carbocycles. The molecule has 0 spiro atoms. The number of hydrogen-bond acceptors (Lipinski definition) is 7. The molecular formula is C13H18N2O7S2. The zero-order valence-corrected chi connectivity index (χ0v) is 14.6. The van der Waals surface area contributed by atoms with E-state index >= 15 is 0 Å². The van der Waals surface area contributed by atoms with Gasteiger partial charge in [-0.1, -0.05) is 0 Å². The van der Waals surface area contributed by atoms with E-state index in [-0.39, 0.29) is 22.2 Å². The minimum atomic E-state index is -4.18. The highest BCUT2D eigenvalue weighted by Crippen LogP contribution is 2.28. The first-order valence-corrected chi connectivity index (χ1v) is 10.2. The second-order valence-corrected chi connectivity index (χ2v) is 9.26. The molecule has 0 bridgehead atoms. The first-order chi connectivity index (χ1) is 11.0. The monoisotopic (exact) mass is 378 g/mol. The lowest BCUT2D eigenvalue weighted by atomic mass is 10.2. The Labute approximate surface area is 140 Å². The highest BCUT2D eigenvalue weighted by Gasteiger charge is 2.39. The topological polar surface area (TPSA) is 139 Å². The fourth-order valence-corrected chi connectivity index (χ4v) is 5.68. The average Bonchev–Trinajstić information content (AvgIpc) is 2.69. The van der Waals surface area contributed by atoms with Crippen LogP contribution in [0.15, 0.2) is 23.1 Å². The third kappa shape index (κ3) is 4.23. The van der Waals surface area contributed by atoms with Crippen molar-refractivity contribution in [3.05, 3.63) is 18.2 Å². The van der Waals surface area contributed by atoms with E-state index in [1.807, 2.05) is 0 Å². The Kier molecular flexibility index (Phi) is 5.18. The van der Waals surface area contributed by atoms with Crippen molar-refractivity contribution in [3.63, 3.8) is 0 Å². The molecule has 1 saturated heterocycles. The summed E-state index contributed by atoms with van der Waals surface area (Å²) in [7, 11) is -6.40. The number of ether oxygens (including phenoxy) is 1. The number of methoxy groups -OCH3 is 1. The van der Waals surface area contributed by atoms with E-state index in [0.29, 0.717) is 0 Å². The molecule has 11 heteroatoms. The van der Waals surface area contributed by atoms with Crippen molar-refractivity contribution in [3.8, 4) is 5.75 Å². The van der Waals surface area contributed by atoms with Crippen LogP contribution in [-0.4, -0.2) is 58.6 Å². The lowest BCUT2D eigenvalue weighted by Gasteiger charge is -2.17. The standard InChI is InChI=1S/C13H18N2O7S2/c1-8(16)14-9-3-4-12(22-2)13(5-9)24(20,21)15-10-6-23(18,19)7-11(10)17/h3-5,10-11,15,17H,6-7H2,1-2H3,(H,14,16)/t10-,11-/m0/s1. The number of hydrogen-bond donors (Lipinski definition) is 3. The van der Waals surface area contributed by atoms with E-state index in [0.717, 1.165) is 0 Å². The maximum atomic E-state index is 12.6. The first kappa shape index (κ1) is 18.6. The fraction of sp³-hybridized carbons (Fsp3) is 0.462. The normalized spacial score (nSPS) is 23.0. The maximum Gasteiger partial charge on any atom is 0.244 e. The molecule has 134 valence electrons. The maximum absolute atomic E-state index is 12.6. The van der Waals surface area contributed by atoms with E-state index in [4.69, 9.17) is 4.74 Å². The fourth-order valence-electron chi connectivity index (χ4n) is 2.37. The number of aliphatic hydroxyl groups excluding tert-OH is 1. The van der Waals surface area contributed by atoms with Crippen LogP contribution in [0.4, 0.5) is 5.69 Å². The van der Waals surface area contributed by atoms with Crippen LogP contribution >= 0.6 is 0 Å². The van der Waals surface area contributed by atoms with Crippen molar-refractivity contribution in [2.24, 2.45) is 0 Å². The van der Waals surface area contributed by atoms with E-state index < -0.39 is 43.5 Å². The third-order valence-corrected chi connectivity index (χ3v) is 6.63. The number of benzene rings is 1. The van der Waals surface area contributed by atoms with Crippen LogP contribution < -0.4 is 14.8 Å². The molecule has 24 heavy (non-hydrogen) atoms. The van der Waals surface area contributed by atoms with Crippen LogP contribution in [0.25, 0.3) is 0 Å². The van der Waals surface area contributed by atoms with Gasteiger partial charge >= 0.3 is 0 Å². The Bertz CT molecular complexity index is 849. The Hall–Kier alpha value is -1.69. The summed E-state index contributed by atoms with van der Waals surface area (Å²) >= 11 is 0. The summed E-state index contributed by atoms with van der Waals surface area (Å²) in [6, 6.07) is 2.88. The molecule has 2 atom stereocenters. The van der Waals surface area contributed by atoms with Crippen LogP contribution in [0.5, 0.6) is 5.75 Å². The van der Waals surface area contributed by atoms with Crippen LogP contribution in [0.1, 0.15) is 6.92 Å². The Morgan fingerprint density at radius 2 is 2.00 bits per heavy atom. The van der Waals surface area contributed by atoms with Gasteiger partial charge in [0.1, 0.15) is 10.6 Å². The van der Waals surface area contributed by atoms with Crippen molar-refractivity contribution in [2.45, 2.75) is 24.0 Å². The molecule has 2 rings (SSSR count). The van der Waals surface area contributed by atoms with Crippen LogP contribution in [0.3, 0.4) is 0 Å². The van der Waals surface area contributed by atoms with Gasteiger partial charge in [0, 0.05) is 12.6 Å². The number of amides is 1. The van der Waals surface area contributed by atoms with Gasteiger partial charge in [0.2, 0.25) is 15.9 Å². The van der Waals surface area contributed by atoms with Crippen LogP contribution in [0.2, 0.25) is 0 Å². The van der Waals surface area contributed by atoms with E-state index in [1.54, 1.807) is 0 Å². The first-order valence-electron chi connectivity index (χ1n) is 6.90. The van der Waals surface area contributed by atoms with E-state index in [1.165, 1.54) is 32.2 Å². The molecule has 1 amide bonds. The average molecular weight is 378 g/mol. The lowest BCUT2D eigenvalue weighted by molar-refractivity contribution is -0.114. The van der Waals surface area contributed by atoms with E-state index in [2.05, 4.69) is 10.0 Å². The van der Waals surface area contributed by atoms with Gasteiger partial charge in [0.05, 0.1) is 30.8 Å². The number of aliphatic hydroxyl groups is 1. The molecule has 0 unspecified atom stereocenters. The molecule has 1 aliphatic heterocycles. The predicted octanol–water partition coefficient (Wildman–Crippen LogP) is -0.910. The predicted molar refractivity (Wildman–Crippen MR) is 86.1 cm³/mol. The smallest absolute Gasteiger partial charge is 0.244 e. The molecule has 9 nitrogen and oxygen atoms in total. The molecule has 1 heterocycles. The molecule has 1 aliphatic rings. The molecule has 0 radical (unpaired) electrons. The van der Waals surface area contributed by atoms with Gasteiger partial charge in [-0.25, -0.2) is 21.6 Å². The Balaban J connectivity index is 2.36. The summed E-state index contributed by atoms with van der Waals surface area (Å²) in [5.41, 5.74) is 0.239. The van der Waals surface area contributed by atoms with Crippen molar-refractivity contribution < 1.29 is 31.5 Å². The van der Waals surface area contributed by atoms with Crippen molar-refractivity contribution in [1.29, 1.82) is 0 Å². The van der Waals surface area contributed by atoms with Gasteiger partial charge in [-0.3, -0.25) is 4.79 Å². The number of carbonyl (C=O) groups is 1. The van der Waals surface area contributed by atoms with Crippen molar-refractivity contribution in [1.82, 2.24) is 4.72 Å². The largest absolute Gasteiger partial charge is 0.495 e. The van der Waals surface area contributed by atoms with Gasteiger partial charge in [-0.2, -0.15) is 0 Å².